The Balaban J connectivity index is 1.47. The molecule has 3 aromatic carbocycles. The van der Waals surface area contributed by atoms with Crippen LogP contribution in [0.4, 0.5) is 5.69 Å². The van der Waals surface area contributed by atoms with Gasteiger partial charge in [-0.05, 0) is 67.3 Å². The number of hydrogen-bond acceptors (Lipinski definition) is 6. The van der Waals surface area contributed by atoms with Crippen LogP contribution >= 0.6 is 22.9 Å². The number of benzene rings is 3. The number of amidine groups is 1. The summed E-state index contributed by atoms with van der Waals surface area (Å²) in [5.74, 6) is 0.289. The Bertz CT molecular complexity index is 1440. The fraction of sp³-hybridized carbons (Fsp3) is 0.172. The number of likely N-dealkylation sites (tertiary alicyclic amines) is 1. The Morgan fingerprint density at radius 1 is 0.921 bits per heavy atom. The van der Waals surface area contributed by atoms with Gasteiger partial charge >= 0.3 is 0 Å². The number of carbonyl (C=O) groups is 1. The number of hydrazone groups is 2. The molecule has 192 valence electrons. The molecule has 38 heavy (non-hydrogen) atoms. The van der Waals surface area contributed by atoms with Crippen LogP contribution in [0.1, 0.15) is 34.6 Å². The Hall–Kier alpha value is -4.01. The second-order valence-electron chi connectivity index (χ2n) is 8.77. The van der Waals surface area contributed by atoms with Gasteiger partial charge in [-0.1, -0.05) is 60.1 Å². The van der Waals surface area contributed by atoms with Crippen molar-refractivity contribution in [1.82, 2.24) is 15.3 Å². The molecule has 0 unspecified atom stereocenters. The highest BCUT2D eigenvalue weighted by molar-refractivity contribution is 7.20. The first-order chi connectivity index (χ1) is 18.7. The maximum atomic E-state index is 13.0. The summed E-state index contributed by atoms with van der Waals surface area (Å²) in [6, 6.07) is 25.0. The lowest BCUT2D eigenvalue weighted by Crippen LogP contribution is -2.41. The molecule has 1 aromatic heterocycles. The lowest BCUT2D eigenvalue weighted by molar-refractivity contribution is 0.0955. The zero-order chi connectivity index (χ0) is 26.2. The van der Waals surface area contributed by atoms with Crippen molar-refractivity contribution < 1.29 is 4.79 Å². The molecule has 0 bridgehead atoms. The van der Waals surface area contributed by atoms with Crippen molar-refractivity contribution in [3.05, 3.63) is 101 Å². The highest BCUT2D eigenvalue weighted by Crippen LogP contribution is 2.21. The summed E-state index contributed by atoms with van der Waals surface area (Å²) in [5, 5.41) is 10.3. The monoisotopic (exact) mass is 542 g/mol. The van der Waals surface area contributed by atoms with Crippen molar-refractivity contribution in [3.8, 4) is 0 Å². The average Bonchev–Trinajstić information content (AvgIpc) is 3.41. The number of anilines is 1. The molecule has 2 heterocycles. The van der Waals surface area contributed by atoms with E-state index in [9.17, 15) is 4.79 Å². The van der Waals surface area contributed by atoms with Gasteiger partial charge in [0.1, 0.15) is 5.71 Å². The first-order valence-electron chi connectivity index (χ1n) is 12.5. The second-order valence-corrected chi connectivity index (χ2v) is 10.2. The van der Waals surface area contributed by atoms with Crippen molar-refractivity contribution in [2.75, 3.05) is 18.5 Å². The molecule has 4 aromatic rings. The van der Waals surface area contributed by atoms with Crippen molar-refractivity contribution in [1.29, 1.82) is 0 Å². The van der Waals surface area contributed by atoms with Crippen LogP contribution in [0, 0.1) is 0 Å². The van der Waals surface area contributed by atoms with E-state index in [1.165, 1.54) is 17.8 Å². The maximum absolute atomic E-state index is 13.0. The van der Waals surface area contributed by atoms with Gasteiger partial charge in [0.2, 0.25) is 0 Å². The summed E-state index contributed by atoms with van der Waals surface area (Å²) in [5.41, 5.74) is 8.99. The van der Waals surface area contributed by atoms with E-state index in [4.69, 9.17) is 16.7 Å². The number of nitrogens with zero attached hydrogens (tertiary/aromatic N) is 4. The number of rotatable bonds is 7. The van der Waals surface area contributed by atoms with E-state index in [0.717, 1.165) is 47.4 Å². The van der Waals surface area contributed by atoms with Crippen LogP contribution in [0.5, 0.6) is 0 Å². The zero-order valence-corrected chi connectivity index (χ0v) is 22.3. The summed E-state index contributed by atoms with van der Waals surface area (Å²) in [7, 11) is 0. The predicted molar refractivity (Wildman–Crippen MR) is 158 cm³/mol. The van der Waals surface area contributed by atoms with Crippen molar-refractivity contribution in [2.45, 2.75) is 19.3 Å². The number of hydrogen-bond donors (Lipinski definition) is 2. The van der Waals surface area contributed by atoms with Crippen LogP contribution in [-0.4, -0.2) is 40.4 Å². The van der Waals surface area contributed by atoms with Gasteiger partial charge < -0.3 is 4.90 Å². The van der Waals surface area contributed by atoms with Gasteiger partial charge in [0, 0.05) is 18.1 Å². The van der Waals surface area contributed by atoms with E-state index in [1.54, 1.807) is 0 Å². The maximum Gasteiger partial charge on any atom is 0.300 e. The highest BCUT2D eigenvalue weighted by Gasteiger charge is 2.20. The Labute approximate surface area is 230 Å². The minimum Gasteiger partial charge on any atom is -0.353 e. The molecular formula is C29H27ClN6OS. The summed E-state index contributed by atoms with van der Waals surface area (Å²) in [4.78, 5) is 19.7. The first-order valence-corrected chi connectivity index (χ1v) is 13.7. The Morgan fingerprint density at radius 3 is 2.42 bits per heavy atom. The van der Waals surface area contributed by atoms with E-state index in [0.29, 0.717) is 21.6 Å². The van der Waals surface area contributed by atoms with E-state index in [-0.39, 0.29) is 5.91 Å². The fourth-order valence-corrected chi connectivity index (χ4v) is 5.05. The van der Waals surface area contributed by atoms with Gasteiger partial charge in [-0.15, -0.1) is 11.3 Å². The zero-order valence-electron chi connectivity index (χ0n) is 20.7. The number of thiazole rings is 1. The van der Waals surface area contributed by atoms with Crippen LogP contribution in [0.2, 0.25) is 5.02 Å². The smallest absolute Gasteiger partial charge is 0.300 e. The van der Waals surface area contributed by atoms with Gasteiger partial charge in [-0.25, -0.2) is 10.4 Å². The molecule has 7 nitrogen and oxygen atoms in total. The van der Waals surface area contributed by atoms with Crippen molar-refractivity contribution >= 4 is 62.4 Å². The van der Waals surface area contributed by atoms with Crippen LogP contribution in [-0.2, 0) is 0 Å². The molecule has 0 saturated carbocycles. The lowest BCUT2D eigenvalue weighted by atomic mass is 10.1. The Kier molecular flexibility index (Phi) is 8.42. The molecule has 1 amide bonds. The SMILES string of the molecule is O=C(N/N=C(/C=C/c1ccccc1)C(=N/Nc1ccc(Cl)cc1)\N1CCCCC1)c1nc2ccccc2s1. The lowest BCUT2D eigenvalue weighted by Gasteiger charge is -2.29. The molecule has 9 heteroatoms. The number of aromatic nitrogens is 1. The third kappa shape index (κ3) is 6.65. The summed E-state index contributed by atoms with van der Waals surface area (Å²) in [6.45, 7) is 1.70. The van der Waals surface area contributed by atoms with E-state index >= 15 is 0 Å². The molecule has 0 spiro atoms. The fourth-order valence-electron chi connectivity index (χ4n) is 4.07. The van der Waals surface area contributed by atoms with Crippen LogP contribution in [0.25, 0.3) is 16.3 Å². The number of nitrogens with one attached hydrogen (secondary N) is 2. The van der Waals surface area contributed by atoms with E-state index in [2.05, 4.69) is 25.8 Å². The molecule has 5 rings (SSSR count). The topological polar surface area (TPSA) is 82.0 Å². The van der Waals surface area contributed by atoms with E-state index in [1.807, 2.05) is 91.0 Å². The van der Waals surface area contributed by atoms with Gasteiger partial charge in [0.15, 0.2) is 10.8 Å². The van der Waals surface area contributed by atoms with Gasteiger partial charge in [-0.2, -0.15) is 10.2 Å². The number of piperidine rings is 1. The van der Waals surface area contributed by atoms with Gasteiger partial charge in [0.25, 0.3) is 5.91 Å². The van der Waals surface area contributed by atoms with Gasteiger partial charge in [0.05, 0.1) is 15.9 Å². The summed E-state index contributed by atoms with van der Waals surface area (Å²) >= 11 is 7.39. The molecule has 2 N–H and O–H groups in total. The van der Waals surface area contributed by atoms with Crippen molar-refractivity contribution in [3.63, 3.8) is 0 Å². The van der Waals surface area contributed by atoms with Gasteiger partial charge in [-0.3, -0.25) is 10.2 Å². The number of carbonyl (C=O) groups excluding carboxylic acids is 1. The normalized spacial score (nSPS) is 14.7. The molecule has 1 aliphatic rings. The molecular weight excluding hydrogens is 516 g/mol. The number of amides is 1. The molecule has 1 fully saturated rings. The second kappa shape index (κ2) is 12.5. The number of halogens is 1. The summed E-state index contributed by atoms with van der Waals surface area (Å²) in [6.07, 6.45) is 7.14. The Morgan fingerprint density at radius 2 is 1.66 bits per heavy atom. The highest BCUT2D eigenvalue weighted by atomic mass is 35.5. The molecule has 0 atom stereocenters. The first kappa shape index (κ1) is 25.6. The molecule has 0 radical (unpaired) electrons. The third-order valence-electron chi connectivity index (χ3n) is 6.02. The van der Waals surface area contributed by atoms with Crippen LogP contribution in [0.15, 0.2) is 95.1 Å². The number of fused-ring (bicyclic) bond motifs is 1. The van der Waals surface area contributed by atoms with Crippen LogP contribution in [0.3, 0.4) is 0 Å². The third-order valence-corrected chi connectivity index (χ3v) is 7.31. The molecule has 1 aliphatic heterocycles. The minimum atomic E-state index is -0.361. The molecule has 1 saturated heterocycles. The number of para-hydroxylation sites is 1. The predicted octanol–water partition coefficient (Wildman–Crippen LogP) is 6.66. The van der Waals surface area contributed by atoms with Crippen molar-refractivity contribution in [2.24, 2.45) is 10.2 Å². The quantitative estimate of drug-likeness (QED) is 0.155. The largest absolute Gasteiger partial charge is 0.353 e. The minimum absolute atomic E-state index is 0.358. The molecule has 0 aliphatic carbocycles. The standard InChI is InChI=1S/C29H27ClN6OS/c30-22-14-16-23(17-15-22)32-34-27(36-19-7-2-8-20-36)25(18-13-21-9-3-1-4-10-21)33-35-28(37)29-31-24-11-5-6-12-26(24)38-29/h1,3-6,9-18,32H,2,7-8,19-20H2,(H,35,37)/b18-13+,33-25-,34-27+. The average molecular weight is 543 g/mol. The summed E-state index contributed by atoms with van der Waals surface area (Å²) < 4.78 is 0.952. The van der Waals surface area contributed by atoms with Crippen LogP contribution < -0.4 is 10.9 Å². The van der Waals surface area contributed by atoms with E-state index < -0.39 is 0 Å².